The highest BCUT2D eigenvalue weighted by Gasteiger charge is 2.31. The van der Waals surface area contributed by atoms with Crippen molar-refractivity contribution >= 4 is 10.0 Å². The van der Waals surface area contributed by atoms with Crippen LogP contribution in [0.1, 0.15) is 64.0 Å². The highest BCUT2D eigenvalue weighted by atomic mass is 32.3. The molecule has 0 saturated heterocycles. The topological polar surface area (TPSA) is 12.9 Å². The van der Waals surface area contributed by atoms with E-state index >= 15 is 0 Å². The Labute approximate surface area is 162 Å². The number of pyridine rings is 1. The van der Waals surface area contributed by atoms with Crippen molar-refractivity contribution in [1.29, 1.82) is 0 Å². The fraction of sp³-hybridized carbons (Fsp3) is 0.542. The van der Waals surface area contributed by atoms with Crippen LogP contribution in [-0.4, -0.2) is 23.8 Å². The number of aromatic nitrogens is 1. The molecule has 1 heterocycles. The highest BCUT2D eigenvalue weighted by molar-refractivity contribution is 8.32. The molecule has 0 aliphatic heterocycles. The normalized spacial score (nSPS) is 18.5. The third kappa shape index (κ3) is 3.71. The lowest BCUT2D eigenvalue weighted by Crippen LogP contribution is -2.24. The van der Waals surface area contributed by atoms with Gasteiger partial charge < -0.3 is 0 Å². The van der Waals surface area contributed by atoms with E-state index in [1.165, 1.54) is 48.8 Å². The summed E-state index contributed by atoms with van der Waals surface area (Å²) < 4.78 is 0.179. The van der Waals surface area contributed by atoms with Gasteiger partial charge in [-0.15, -0.1) is 0 Å². The zero-order valence-corrected chi connectivity index (χ0v) is 18.2. The van der Waals surface area contributed by atoms with E-state index in [0.29, 0.717) is 5.41 Å². The van der Waals surface area contributed by atoms with Crippen LogP contribution in [0.5, 0.6) is 0 Å². The Morgan fingerprint density at radius 1 is 0.885 bits per heavy atom. The average molecular weight is 370 g/mol. The van der Waals surface area contributed by atoms with Crippen LogP contribution in [0.3, 0.4) is 0 Å². The van der Waals surface area contributed by atoms with Crippen LogP contribution in [0.2, 0.25) is 0 Å². The summed E-state index contributed by atoms with van der Waals surface area (Å²) in [6.45, 7) is 7.13. The van der Waals surface area contributed by atoms with Crippen molar-refractivity contribution in [2.45, 2.75) is 63.0 Å². The fourth-order valence-corrected chi connectivity index (χ4v) is 4.77. The SMILES string of the molecule is CC1(c2ccc(-c3ccc(C(C)(C)S(C)(C)C)cn3)cc2)CCCCC1. The van der Waals surface area contributed by atoms with E-state index in [1.807, 2.05) is 0 Å². The molecule has 1 aliphatic carbocycles. The minimum Gasteiger partial charge on any atom is -0.256 e. The van der Waals surface area contributed by atoms with Gasteiger partial charge in [0.1, 0.15) is 0 Å². The number of hydrogen-bond acceptors (Lipinski definition) is 1. The van der Waals surface area contributed by atoms with Crippen molar-refractivity contribution in [3.63, 3.8) is 0 Å². The zero-order valence-electron chi connectivity index (χ0n) is 17.4. The predicted molar refractivity (Wildman–Crippen MR) is 118 cm³/mol. The molecule has 2 aromatic rings. The summed E-state index contributed by atoms with van der Waals surface area (Å²) in [7, 11) is -0.698. The first kappa shape index (κ1) is 19.5. The lowest BCUT2D eigenvalue weighted by atomic mass is 9.71. The smallest absolute Gasteiger partial charge is 0.0702 e. The van der Waals surface area contributed by atoms with E-state index in [2.05, 4.69) is 82.1 Å². The predicted octanol–water partition coefficient (Wildman–Crippen LogP) is 6.90. The molecule has 1 aromatic carbocycles. The number of benzene rings is 1. The summed E-state index contributed by atoms with van der Waals surface area (Å²) >= 11 is 0. The summed E-state index contributed by atoms with van der Waals surface area (Å²) in [4.78, 5) is 4.80. The van der Waals surface area contributed by atoms with E-state index in [9.17, 15) is 0 Å². The summed E-state index contributed by atoms with van der Waals surface area (Å²) in [6, 6.07) is 13.7. The Bertz CT molecular complexity index is 729. The number of nitrogens with zero attached hydrogens (tertiary/aromatic N) is 1. The van der Waals surface area contributed by atoms with E-state index in [4.69, 9.17) is 4.98 Å². The van der Waals surface area contributed by atoms with E-state index in [0.717, 1.165) is 5.69 Å². The van der Waals surface area contributed by atoms with Gasteiger partial charge in [0.15, 0.2) is 0 Å². The van der Waals surface area contributed by atoms with Crippen LogP contribution in [0.15, 0.2) is 42.6 Å². The molecule has 1 aliphatic rings. The van der Waals surface area contributed by atoms with Crippen LogP contribution in [-0.2, 0) is 10.2 Å². The molecule has 0 unspecified atom stereocenters. The molecule has 0 radical (unpaired) electrons. The van der Waals surface area contributed by atoms with Crippen molar-refractivity contribution < 1.29 is 0 Å². The van der Waals surface area contributed by atoms with Gasteiger partial charge in [0.25, 0.3) is 0 Å². The van der Waals surface area contributed by atoms with Crippen LogP contribution in [0.25, 0.3) is 11.3 Å². The Kier molecular flexibility index (Phi) is 5.27. The molecule has 0 N–H and O–H groups in total. The minimum absolute atomic E-state index is 0.179. The molecule has 2 heteroatoms. The quantitative estimate of drug-likeness (QED) is 0.571. The van der Waals surface area contributed by atoms with Crippen LogP contribution in [0.4, 0.5) is 0 Å². The summed E-state index contributed by atoms with van der Waals surface area (Å²) in [6.07, 6.45) is 16.0. The Morgan fingerprint density at radius 2 is 1.50 bits per heavy atom. The van der Waals surface area contributed by atoms with Crippen LogP contribution < -0.4 is 0 Å². The van der Waals surface area contributed by atoms with Gasteiger partial charge in [0, 0.05) is 16.5 Å². The van der Waals surface area contributed by atoms with Gasteiger partial charge >= 0.3 is 0 Å². The maximum absolute atomic E-state index is 4.80. The molecule has 1 fully saturated rings. The molecule has 0 atom stereocenters. The molecular formula is C24H35NS. The lowest BCUT2D eigenvalue weighted by molar-refractivity contribution is 0.319. The maximum Gasteiger partial charge on any atom is 0.0702 e. The maximum atomic E-state index is 4.80. The molecule has 0 spiro atoms. The molecule has 1 saturated carbocycles. The summed E-state index contributed by atoms with van der Waals surface area (Å²) in [5, 5.41) is 0. The van der Waals surface area contributed by atoms with Crippen molar-refractivity contribution in [2.24, 2.45) is 0 Å². The molecule has 0 amide bonds. The second-order valence-electron chi connectivity index (χ2n) is 9.48. The van der Waals surface area contributed by atoms with Crippen molar-refractivity contribution in [3.8, 4) is 11.3 Å². The first-order chi connectivity index (χ1) is 12.1. The van der Waals surface area contributed by atoms with Crippen molar-refractivity contribution in [1.82, 2.24) is 4.98 Å². The summed E-state index contributed by atoms with van der Waals surface area (Å²) in [5.41, 5.74) is 5.51. The molecule has 142 valence electrons. The minimum atomic E-state index is -0.698. The molecule has 26 heavy (non-hydrogen) atoms. The zero-order chi connectivity index (χ0) is 19.0. The molecule has 1 nitrogen and oxygen atoms in total. The van der Waals surface area contributed by atoms with E-state index in [1.54, 1.807) is 0 Å². The van der Waals surface area contributed by atoms with Crippen LogP contribution >= 0.6 is 10.0 Å². The van der Waals surface area contributed by atoms with E-state index in [-0.39, 0.29) is 4.75 Å². The van der Waals surface area contributed by atoms with Gasteiger partial charge in [-0.2, -0.15) is 0 Å². The first-order valence-corrected chi connectivity index (χ1v) is 12.7. The third-order valence-electron chi connectivity index (χ3n) is 6.82. The standard InChI is InChI=1S/C24H35NS/c1-23(2,26(4,5)6)21-14-15-22(25-18-21)19-10-12-20(13-11-19)24(3)16-8-7-9-17-24/h10-15,18H,7-9,16-17H2,1-6H3. The Morgan fingerprint density at radius 3 is 2.00 bits per heavy atom. The third-order valence-corrected chi connectivity index (χ3v) is 10.1. The van der Waals surface area contributed by atoms with Gasteiger partial charge in [-0.05, 0) is 68.1 Å². The Balaban J connectivity index is 1.82. The van der Waals surface area contributed by atoms with E-state index < -0.39 is 10.0 Å². The average Bonchev–Trinajstić information content (AvgIpc) is 2.62. The second kappa shape index (κ2) is 7.03. The number of rotatable bonds is 4. The second-order valence-corrected chi connectivity index (χ2v) is 14.2. The first-order valence-electron chi connectivity index (χ1n) is 9.89. The number of hydrogen-bond donors (Lipinski definition) is 0. The molecule has 3 rings (SSSR count). The fourth-order valence-electron chi connectivity index (χ4n) is 3.94. The largest absolute Gasteiger partial charge is 0.256 e. The van der Waals surface area contributed by atoms with Crippen molar-refractivity contribution in [2.75, 3.05) is 18.8 Å². The summed E-state index contributed by atoms with van der Waals surface area (Å²) in [5.74, 6) is 0. The van der Waals surface area contributed by atoms with Gasteiger partial charge in [-0.3, -0.25) is 4.98 Å². The van der Waals surface area contributed by atoms with Gasteiger partial charge in [0.2, 0.25) is 0 Å². The molecule has 1 aromatic heterocycles. The Hall–Kier alpha value is -1.28. The monoisotopic (exact) mass is 369 g/mol. The van der Waals surface area contributed by atoms with Crippen LogP contribution in [0, 0.1) is 0 Å². The highest BCUT2D eigenvalue weighted by Crippen LogP contribution is 2.55. The van der Waals surface area contributed by atoms with Gasteiger partial charge in [-0.1, -0.05) is 56.5 Å². The van der Waals surface area contributed by atoms with Gasteiger partial charge in [0.05, 0.1) is 5.69 Å². The van der Waals surface area contributed by atoms with Crippen molar-refractivity contribution in [3.05, 3.63) is 53.7 Å². The lowest BCUT2D eigenvalue weighted by Gasteiger charge is -2.44. The molecular weight excluding hydrogens is 334 g/mol. The molecule has 0 bridgehead atoms. The van der Waals surface area contributed by atoms with Gasteiger partial charge in [-0.25, -0.2) is 10.0 Å².